The molecule has 1 saturated heterocycles. The van der Waals surface area contributed by atoms with Crippen molar-refractivity contribution in [2.75, 3.05) is 19.8 Å². The zero-order chi connectivity index (χ0) is 18.4. The molecule has 1 N–H and O–H groups in total. The standard InChI is InChI=1S/C20H21NO5/c1-2-24-20(23)15-10-6-7-11-16(15)26-19(14-8-4-3-5-9-14)17-12-21-18(22)13-25-17/h3-11,17,19H,2,12-13H2,1H3,(H,21,22)/t17?,19-/m0/s1. The molecule has 0 aliphatic carbocycles. The molecule has 1 heterocycles. The Bertz CT molecular complexity index is 752. The molecular formula is C20H21NO5. The van der Waals surface area contributed by atoms with Gasteiger partial charge in [-0.2, -0.15) is 0 Å². The van der Waals surface area contributed by atoms with Gasteiger partial charge < -0.3 is 19.5 Å². The van der Waals surface area contributed by atoms with E-state index in [4.69, 9.17) is 14.2 Å². The number of rotatable bonds is 6. The summed E-state index contributed by atoms with van der Waals surface area (Å²) in [4.78, 5) is 23.6. The van der Waals surface area contributed by atoms with Crippen LogP contribution >= 0.6 is 0 Å². The van der Waals surface area contributed by atoms with E-state index < -0.39 is 12.1 Å². The average Bonchev–Trinajstić information content (AvgIpc) is 2.68. The van der Waals surface area contributed by atoms with Gasteiger partial charge in [0.1, 0.15) is 24.0 Å². The molecule has 0 saturated carbocycles. The zero-order valence-electron chi connectivity index (χ0n) is 14.5. The lowest BCUT2D eigenvalue weighted by Gasteiger charge is -2.31. The van der Waals surface area contributed by atoms with Gasteiger partial charge in [-0.1, -0.05) is 42.5 Å². The van der Waals surface area contributed by atoms with Crippen LogP contribution in [0.25, 0.3) is 0 Å². The molecule has 1 aliphatic rings. The molecule has 0 radical (unpaired) electrons. The Balaban J connectivity index is 1.89. The molecule has 1 unspecified atom stereocenters. The number of hydrogen-bond donors (Lipinski definition) is 1. The fourth-order valence-corrected chi connectivity index (χ4v) is 2.79. The normalized spacial score (nSPS) is 17.9. The number of amides is 1. The van der Waals surface area contributed by atoms with Crippen LogP contribution in [-0.4, -0.2) is 37.7 Å². The van der Waals surface area contributed by atoms with E-state index >= 15 is 0 Å². The van der Waals surface area contributed by atoms with Crippen LogP contribution in [-0.2, 0) is 14.3 Å². The molecule has 2 aromatic carbocycles. The second kappa shape index (κ2) is 8.49. The maximum absolute atomic E-state index is 12.2. The van der Waals surface area contributed by atoms with Crippen LogP contribution < -0.4 is 10.1 Å². The maximum atomic E-state index is 12.2. The van der Waals surface area contributed by atoms with Gasteiger partial charge in [-0.25, -0.2) is 4.79 Å². The van der Waals surface area contributed by atoms with Crippen LogP contribution in [0.4, 0.5) is 0 Å². The summed E-state index contributed by atoms with van der Waals surface area (Å²) in [5.74, 6) is -0.173. The Labute approximate surface area is 152 Å². The van der Waals surface area contributed by atoms with Gasteiger partial charge in [-0.3, -0.25) is 4.79 Å². The Hall–Kier alpha value is -2.86. The zero-order valence-corrected chi connectivity index (χ0v) is 14.5. The minimum absolute atomic E-state index is 0.0170. The molecule has 0 bridgehead atoms. The largest absolute Gasteiger partial charge is 0.482 e. The summed E-state index contributed by atoms with van der Waals surface area (Å²) in [6.07, 6.45) is -0.849. The van der Waals surface area contributed by atoms with Gasteiger partial charge in [0.15, 0.2) is 6.10 Å². The van der Waals surface area contributed by atoms with Crippen molar-refractivity contribution in [3.8, 4) is 5.75 Å². The van der Waals surface area contributed by atoms with E-state index in [-0.39, 0.29) is 25.2 Å². The number of ether oxygens (including phenoxy) is 3. The lowest BCUT2D eigenvalue weighted by Crippen LogP contribution is -2.46. The third-order valence-electron chi connectivity index (χ3n) is 4.03. The molecule has 1 fully saturated rings. The highest BCUT2D eigenvalue weighted by Crippen LogP contribution is 2.30. The molecular weight excluding hydrogens is 334 g/mol. The highest BCUT2D eigenvalue weighted by Gasteiger charge is 2.31. The molecule has 3 rings (SSSR count). The van der Waals surface area contributed by atoms with Gasteiger partial charge >= 0.3 is 5.97 Å². The first-order valence-electron chi connectivity index (χ1n) is 8.55. The second-order valence-electron chi connectivity index (χ2n) is 5.82. The van der Waals surface area contributed by atoms with Crippen LogP contribution in [0.5, 0.6) is 5.75 Å². The van der Waals surface area contributed by atoms with E-state index in [0.29, 0.717) is 17.9 Å². The number of benzene rings is 2. The molecule has 26 heavy (non-hydrogen) atoms. The average molecular weight is 355 g/mol. The van der Waals surface area contributed by atoms with E-state index in [0.717, 1.165) is 5.56 Å². The van der Waals surface area contributed by atoms with Gasteiger partial charge in [0, 0.05) is 6.54 Å². The molecule has 6 nitrogen and oxygen atoms in total. The SMILES string of the molecule is CCOC(=O)c1ccccc1O[C@@H](c1ccccc1)C1CNC(=O)CO1. The monoisotopic (exact) mass is 355 g/mol. The molecule has 2 atom stereocenters. The van der Waals surface area contributed by atoms with Crippen molar-refractivity contribution in [3.63, 3.8) is 0 Å². The Morgan fingerprint density at radius 1 is 1.19 bits per heavy atom. The number of para-hydroxylation sites is 1. The molecule has 2 aromatic rings. The van der Waals surface area contributed by atoms with E-state index in [1.165, 1.54) is 0 Å². The Morgan fingerprint density at radius 2 is 1.92 bits per heavy atom. The van der Waals surface area contributed by atoms with Gasteiger partial charge in [-0.15, -0.1) is 0 Å². The summed E-state index contributed by atoms with van der Waals surface area (Å²) < 4.78 is 17.0. The Morgan fingerprint density at radius 3 is 2.62 bits per heavy atom. The summed E-state index contributed by atoms with van der Waals surface area (Å²) in [5, 5.41) is 2.79. The van der Waals surface area contributed by atoms with Gasteiger partial charge in [0.25, 0.3) is 0 Å². The van der Waals surface area contributed by atoms with Crippen LogP contribution in [0.15, 0.2) is 54.6 Å². The van der Waals surface area contributed by atoms with Crippen LogP contribution in [0.3, 0.4) is 0 Å². The van der Waals surface area contributed by atoms with Crippen molar-refractivity contribution in [1.82, 2.24) is 5.32 Å². The highest BCUT2D eigenvalue weighted by molar-refractivity contribution is 5.92. The van der Waals surface area contributed by atoms with Crippen LogP contribution in [0.2, 0.25) is 0 Å². The smallest absolute Gasteiger partial charge is 0.341 e. The van der Waals surface area contributed by atoms with Crippen molar-refractivity contribution < 1.29 is 23.8 Å². The van der Waals surface area contributed by atoms with E-state index in [1.807, 2.05) is 30.3 Å². The lowest BCUT2D eigenvalue weighted by atomic mass is 10.0. The minimum Gasteiger partial charge on any atom is -0.482 e. The summed E-state index contributed by atoms with van der Waals surface area (Å²) in [7, 11) is 0. The van der Waals surface area contributed by atoms with Gasteiger partial charge in [0.2, 0.25) is 5.91 Å². The number of morpholine rings is 1. The topological polar surface area (TPSA) is 73.9 Å². The van der Waals surface area contributed by atoms with Crippen molar-refractivity contribution in [2.45, 2.75) is 19.1 Å². The lowest BCUT2D eigenvalue weighted by molar-refractivity contribution is -0.137. The van der Waals surface area contributed by atoms with E-state index in [9.17, 15) is 9.59 Å². The predicted molar refractivity (Wildman–Crippen MR) is 95.0 cm³/mol. The van der Waals surface area contributed by atoms with Gasteiger partial charge in [-0.05, 0) is 24.6 Å². The third-order valence-corrected chi connectivity index (χ3v) is 4.03. The molecule has 136 valence electrons. The summed E-state index contributed by atoms with van der Waals surface area (Å²) in [5.41, 5.74) is 1.25. The van der Waals surface area contributed by atoms with Crippen molar-refractivity contribution in [2.24, 2.45) is 0 Å². The fraction of sp³-hybridized carbons (Fsp3) is 0.300. The summed E-state index contributed by atoms with van der Waals surface area (Å²) >= 11 is 0. The number of hydrogen-bond acceptors (Lipinski definition) is 5. The number of carbonyl (C=O) groups is 2. The summed E-state index contributed by atoms with van der Waals surface area (Å²) in [6.45, 7) is 2.36. The third kappa shape index (κ3) is 4.21. The first-order chi connectivity index (χ1) is 12.7. The minimum atomic E-state index is -0.479. The molecule has 0 aromatic heterocycles. The number of esters is 1. The Kier molecular flexibility index (Phi) is 5.86. The quantitative estimate of drug-likeness (QED) is 0.806. The second-order valence-corrected chi connectivity index (χ2v) is 5.82. The van der Waals surface area contributed by atoms with Crippen molar-refractivity contribution in [1.29, 1.82) is 0 Å². The predicted octanol–water partition coefficient (Wildman–Crippen LogP) is 2.50. The number of nitrogens with one attached hydrogen (secondary N) is 1. The molecule has 1 amide bonds. The van der Waals surface area contributed by atoms with E-state index in [1.54, 1.807) is 31.2 Å². The molecule has 0 spiro atoms. The number of carbonyl (C=O) groups excluding carboxylic acids is 2. The van der Waals surface area contributed by atoms with Crippen molar-refractivity contribution in [3.05, 3.63) is 65.7 Å². The molecule has 1 aliphatic heterocycles. The van der Waals surface area contributed by atoms with E-state index in [2.05, 4.69) is 5.32 Å². The fourth-order valence-electron chi connectivity index (χ4n) is 2.79. The maximum Gasteiger partial charge on any atom is 0.341 e. The first-order valence-corrected chi connectivity index (χ1v) is 8.55. The van der Waals surface area contributed by atoms with Crippen LogP contribution in [0.1, 0.15) is 28.9 Å². The first kappa shape index (κ1) is 17.9. The van der Waals surface area contributed by atoms with Crippen LogP contribution in [0, 0.1) is 0 Å². The highest BCUT2D eigenvalue weighted by atomic mass is 16.6. The van der Waals surface area contributed by atoms with Crippen molar-refractivity contribution >= 4 is 11.9 Å². The summed E-state index contributed by atoms with van der Waals surface area (Å²) in [6, 6.07) is 16.5. The molecule has 6 heteroatoms. The van der Waals surface area contributed by atoms with Gasteiger partial charge in [0.05, 0.1) is 6.61 Å².